The van der Waals surface area contributed by atoms with E-state index in [1.807, 2.05) is 0 Å². The van der Waals surface area contributed by atoms with Gasteiger partial charge in [0.25, 0.3) is 11.8 Å². The molecule has 37 heavy (non-hydrogen) atoms. The Morgan fingerprint density at radius 1 is 1.08 bits per heavy atom. The molecule has 2 aliphatic carbocycles. The van der Waals surface area contributed by atoms with Crippen LogP contribution in [0.4, 0.5) is 18.9 Å². The van der Waals surface area contributed by atoms with Crippen molar-refractivity contribution in [2.75, 3.05) is 18.0 Å². The number of anilines is 1. The van der Waals surface area contributed by atoms with E-state index in [0.29, 0.717) is 0 Å². The molecular formula is C27H36F3N3O4. The number of carbonyl (C=O) groups is 3. The summed E-state index contributed by atoms with van der Waals surface area (Å²) < 4.78 is 48.7. The van der Waals surface area contributed by atoms with E-state index < -0.39 is 34.7 Å². The maximum absolute atomic E-state index is 14.3. The van der Waals surface area contributed by atoms with Crippen molar-refractivity contribution < 1.29 is 32.3 Å². The lowest BCUT2D eigenvalue weighted by Crippen LogP contribution is -2.54. The highest BCUT2D eigenvalue weighted by Crippen LogP contribution is 2.45. The van der Waals surface area contributed by atoms with Gasteiger partial charge in [-0.15, -0.1) is 0 Å². The first kappa shape index (κ1) is 27.3. The highest BCUT2D eigenvalue weighted by molar-refractivity contribution is 6.05. The number of ether oxygens (including phenoxy) is 1. The molecule has 0 saturated heterocycles. The zero-order valence-electron chi connectivity index (χ0n) is 21.7. The lowest BCUT2D eigenvalue weighted by Gasteiger charge is -2.45. The fraction of sp³-hybridized carbons (Fsp3) is 0.667. The Kier molecular flexibility index (Phi) is 7.76. The van der Waals surface area contributed by atoms with Crippen LogP contribution in [0.2, 0.25) is 0 Å². The van der Waals surface area contributed by atoms with Gasteiger partial charge >= 0.3 is 6.18 Å². The smallest absolute Gasteiger partial charge is 0.417 e. The largest absolute Gasteiger partial charge is 0.476 e. The van der Waals surface area contributed by atoms with Crippen molar-refractivity contribution in [3.63, 3.8) is 0 Å². The van der Waals surface area contributed by atoms with Crippen LogP contribution >= 0.6 is 0 Å². The Hall–Kier alpha value is -2.78. The fourth-order valence-electron chi connectivity index (χ4n) is 5.47. The molecule has 1 N–H and O–H groups in total. The summed E-state index contributed by atoms with van der Waals surface area (Å²) in [7, 11) is 0. The van der Waals surface area contributed by atoms with E-state index in [1.54, 1.807) is 11.8 Å². The van der Waals surface area contributed by atoms with Crippen molar-refractivity contribution in [3.05, 3.63) is 23.3 Å². The second kappa shape index (κ2) is 10.5. The summed E-state index contributed by atoms with van der Waals surface area (Å²) in [6.45, 7) is 4.84. The Labute approximate surface area is 215 Å². The lowest BCUT2D eigenvalue weighted by atomic mass is 9.85. The Bertz CT molecular complexity index is 1050. The van der Waals surface area contributed by atoms with Crippen LogP contribution < -0.4 is 15.0 Å². The van der Waals surface area contributed by atoms with Crippen molar-refractivity contribution in [3.8, 4) is 5.75 Å². The van der Waals surface area contributed by atoms with E-state index in [2.05, 4.69) is 5.32 Å². The zero-order chi connectivity index (χ0) is 27.0. The maximum Gasteiger partial charge on any atom is 0.417 e. The predicted molar refractivity (Wildman–Crippen MR) is 132 cm³/mol. The number of amides is 3. The molecular weight excluding hydrogens is 487 g/mol. The predicted octanol–water partition coefficient (Wildman–Crippen LogP) is 5.06. The zero-order valence-corrected chi connectivity index (χ0v) is 21.7. The number of hydrogen-bond donors (Lipinski definition) is 1. The van der Waals surface area contributed by atoms with E-state index in [4.69, 9.17) is 4.74 Å². The standard InChI is InChI=1S/C27H36F3N3O4/c1-4-23(34)31-13-14-32-21-15-19(20(27(28,29)30)16-22(21)37-26(2,3)25(32)36)24(35)33(18-11-8-12-18)17-9-6-5-7-10-17/h15-18H,4-14H2,1-3H3,(H,31,34). The molecule has 0 atom stereocenters. The van der Waals surface area contributed by atoms with Crippen molar-refractivity contribution in [2.24, 2.45) is 0 Å². The summed E-state index contributed by atoms with van der Waals surface area (Å²) in [5, 5.41) is 2.69. The highest BCUT2D eigenvalue weighted by atomic mass is 19.4. The van der Waals surface area contributed by atoms with E-state index in [-0.39, 0.29) is 48.9 Å². The SMILES string of the molecule is CCC(=O)NCCN1C(=O)C(C)(C)Oc2cc(C(F)(F)F)c(C(=O)N(C3CCCCC3)C3CCC3)cc21. The van der Waals surface area contributed by atoms with Gasteiger partial charge in [-0.2, -0.15) is 13.2 Å². The number of benzene rings is 1. The number of nitrogens with zero attached hydrogens (tertiary/aromatic N) is 2. The number of hydrogen-bond acceptors (Lipinski definition) is 4. The van der Waals surface area contributed by atoms with E-state index >= 15 is 0 Å². The summed E-state index contributed by atoms with van der Waals surface area (Å²) in [5.41, 5.74) is -2.80. The van der Waals surface area contributed by atoms with Crippen molar-refractivity contribution in [1.82, 2.24) is 10.2 Å². The van der Waals surface area contributed by atoms with Gasteiger partial charge in [-0.05, 0) is 58.1 Å². The Morgan fingerprint density at radius 2 is 1.70 bits per heavy atom. The molecule has 0 aromatic heterocycles. The summed E-state index contributed by atoms with van der Waals surface area (Å²) in [4.78, 5) is 41.9. The normalized spacial score (nSPS) is 20.1. The summed E-state index contributed by atoms with van der Waals surface area (Å²) in [6, 6.07) is 1.88. The first-order valence-electron chi connectivity index (χ1n) is 13.3. The molecule has 2 fully saturated rings. The van der Waals surface area contributed by atoms with Crippen LogP contribution in [0.15, 0.2) is 12.1 Å². The molecule has 0 unspecified atom stereocenters. The molecule has 0 radical (unpaired) electrons. The van der Waals surface area contributed by atoms with Crippen molar-refractivity contribution >= 4 is 23.4 Å². The minimum absolute atomic E-state index is 0.0400. The minimum Gasteiger partial charge on any atom is -0.476 e. The third kappa shape index (κ3) is 5.57. The summed E-state index contributed by atoms with van der Waals surface area (Å²) in [5.74, 6) is -1.40. The van der Waals surface area contributed by atoms with E-state index in [9.17, 15) is 27.6 Å². The molecule has 2 saturated carbocycles. The molecule has 0 spiro atoms. The minimum atomic E-state index is -4.78. The van der Waals surface area contributed by atoms with Crippen LogP contribution in [0.3, 0.4) is 0 Å². The van der Waals surface area contributed by atoms with Crippen LogP contribution in [0.1, 0.15) is 94.5 Å². The van der Waals surface area contributed by atoms with Gasteiger partial charge in [0.15, 0.2) is 5.60 Å². The first-order chi connectivity index (χ1) is 17.4. The lowest BCUT2D eigenvalue weighted by molar-refractivity contribution is -0.138. The maximum atomic E-state index is 14.3. The second-order valence-corrected chi connectivity index (χ2v) is 10.7. The van der Waals surface area contributed by atoms with Crippen LogP contribution in [0.25, 0.3) is 0 Å². The Balaban J connectivity index is 1.77. The van der Waals surface area contributed by atoms with Crippen molar-refractivity contribution in [2.45, 2.75) is 102 Å². The average Bonchev–Trinajstić information content (AvgIpc) is 2.82. The first-order valence-corrected chi connectivity index (χ1v) is 13.3. The van der Waals surface area contributed by atoms with Gasteiger partial charge < -0.3 is 19.9 Å². The monoisotopic (exact) mass is 523 g/mol. The second-order valence-electron chi connectivity index (χ2n) is 10.7. The molecule has 1 heterocycles. The summed E-state index contributed by atoms with van der Waals surface area (Å²) >= 11 is 0. The molecule has 0 bridgehead atoms. The molecule has 3 amide bonds. The number of halogens is 3. The van der Waals surface area contributed by atoms with Gasteiger partial charge in [0.05, 0.1) is 16.8 Å². The van der Waals surface area contributed by atoms with E-state index in [0.717, 1.165) is 57.4 Å². The molecule has 1 aromatic rings. The fourth-order valence-corrected chi connectivity index (χ4v) is 5.47. The number of rotatable bonds is 7. The van der Waals surface area contributed by atoms with Crippen LogP contribution in [0.5, 0.6) is 5.75 Å². The quantitative estimate of drug-likeness (QED) is 0.542. The Morgan fingerprint density at radius 3 is 2.24 bits per heavy atom. The number of fused-ring (bicyclic) bond motifs is 1. The van der Waals surface area contributed by atoms with Crippen molar-refractivity contribution in [1.29, 1.82) is 0 Å². The molecule has 1 aliphatic heterocycles. The molecule has 3 aliphatic rings. The van der Waals surface area contributed by atoms with Crippen LogP contribution in [-0.2, 0) is 15.8 Å². The van der Waals surface area contributed by atoms with Crippen LogP contribution in [-0.4, -0.2) is 53.4 Å². The molecule has 1 aromatic carbocycles. The number of carbonyl (C=O) groups excluding carboxylic acids is 3. The molecule has 4 rings (SSSR count). The third-order valence-electron chi connectivity index (χ3n) is 7.70. The number of alkyl halides is 3. The van der Waals surface area contributed by atoms with E-state index in [1.165, 1.54) is 24.8 Å². The van der Waals surface area contributed by atoms with Gasteiger partial charge in [-0.3, -0.25) is 14.4 Å². The van der Waals surface area contributed by atoms with Crippen LogP contribution in [0, 0.1) is 0 Å². The molecule has 7 nitrogen and oxygen atoms in total. The van der Waals surface area contributed by atoms with Gasteiger partial charge in [0, 0.05) is 31.6 Å². The van der Waals surface area contributed by atoms with Gasteiger partial charge in [0.2, 0.25) is 5.91 Å². The number of nitrogens with one attached hydrogen (secondary N) is 1. The van der Waals surface area contributed by atoms with Gasteiger partial charge in [-0.1, -0.05) is 26.2 Å². The topological polar surface area (TPSA) is 79.0 Å². The van der Waals surface area contributed by atoms with Gasteiger partial charge in [-0.25, -0.2) is 0 Å². The molecule has 204 valence electrons. The summed E-state index contributed by atoms with van der Waals surface area (Å²) in [6.07, 6.45) is 2.54. The average molecular weight is 524 g/mol. The third-order valence-corrected chi connectivity index (χ3v) is 7.70. The highest BCUT2D eigenvalue weighted by Gasteiger charge is 2.46. The molecule has 10 heteroatoms. The van der Waals surface area contributed by atoms with Gasteiger partial charge in [0.1, 0.15) is 5.75 Å².